The highest BCUT2D eigenvalue weighted by molar-refractivity contribution is 6.02. The van der Waals surface area contributed by atoms with Crippen molar-refractivity contribution in [1.82, 2.24) is 4.58 Å². The lowest BCUT2D eigenvalue weighted by molar-refractivity contribution is -0.0644. The molecule has 3 nitrogen and oxygen atoms in total. The molecule has 2 aromatic rings. The van der Waals surface area contributed by atoms with Crippen molar-refractivity contribution in [3.05, 3.63) is 72.1 Å². The zero-order valence-electron chi connectivity index (χ0n) is 17.0. The average Bonchev–Trinajstić information content (AvgIpc) is 2.74. The van der Waals surface area contributed by atoms with E-state index in [4.69, 9.17) is 4.42 Å². The molecule has 2 aromatic carbocycles. The summed E-state index contributed by atoms with van der Waals surface area (Å²) in [6, 6.07) is 20.9. The molecular weight excluding hydrogens is 420 g/mol. The van der Waals surface area contributed by atoms with Crippen molar-refractivity contribution in [2.75, 3.05) is 31.1 Å². The highest BCUT2D eigenvalue weighted by Crippen LogP contribution is 2.41. The molecule has 0 spiro atoms. The second-order valence-electron chi connectivity index (χ2n) is 8.63. The minimum Gasteiger partial charge on any atom is -0.456 e. The molecule has 162 valence electrons. The summed E-state index contributed by atoms with van der Waals surface area (Å²) in [4.78, 5) is 1.61. The van der Waals surface area contributed by atoms with E-state index in [9.17, 15) is 17.6 Å². The van der Waals surface area contributed by atoms with Gasteiger partial charge >= 0.3 is 5.92 Å². The topological polar surface area (TPSA) is 19.4 Å². The Kier molecular flexibility index (Phi) is 3.97. The van der Waals surface area contributed by atoms with Gasteiger partial charge in [-0.3, -0.25) is 0 Å². The maximum absolute atomic E-state index is 13.4. The van der Waals surface area contributed by atoms with Gasteiger partial charge in [0.2, 0.25) is 18.4 Å². The first-order valence-corrected chi connectivity index (χ1v) is 10.4. The smallest absolute Gasteiger partial charge is 0.361 e. The monoisotopic (exact) mass is 439 g/mol. The third-order valence-electron chi connectivity index (χ3n) is 6.17. The Balaban J connectivity index is 1.57. The average molecular weight is 439 g/mol. The van der Waals surface area contributed by atoms with Gasteiger partial charge in [-0.05, 0) is 23.8 Å². The third-order valence-corrected chi connectivity index (χ3v) is 6.17. The van der Waals surface area contributed by atoms with Crippen molar-refractivity contribution < 1.29 is 22.0 Å². The first-order valence-electron chi connectivity index (χ1n) is 10.4. The lowest BCUT2D eigenvalue weighted by atomic mass is 9.93. The number of halogens is 4. The van der Waals surface area contributed by atoms with Gasteiger partial charge in [-0.25, -0.2) is 13.4 Å². The van der Waals surface area contributed by atoms with E-state index in [-0.39, 0.29) is 26.2 Å². The van der Waals surface area contributed by atoms with E-state index in [1.165, 1.54) is 0 Å². The molecule has 3 heterocycles. The van der Waals surface area contributed by atoms with Crippen molar-refractivity contribution >= 4 is 16.7 Å². The molecule has 1 aliphatic carbocycles. The summed E-state index contributed by atoms with van der Waals surface area (Å²) in [6.07, 6.45) is 0. The van der Waals surface area contributed by atoms with Crippen LogP contribution in [0.4, 0.5) is 23.2 Å². The summed E-state index contributed by atoms with van der Waals surface area (Å²) < 4.78 is 61.3. The molecule has 0 radical (unpaired) electrons. The summed E-state index contributed by atoms with van der Waals surface area (Å²) in [6.45, 7) is -1.26. The van der Waals surface area contributed by atoms with Crippen LogP contribution in [0.3, 0.4) is 0 Å². The lowest BCUT2D eigenvalue weighted by Crippen LogP contribution is -2.57. The van der Waals surface area contributed by atoms with Gasteiger partial charge in [-0.15, -0.1) is 0 Å². The quantitative estimate of drug-likeness (QED) is 0.247. The normalized spacial score (nSPS) is 19.1. The largest absolute Gasteiger partial charge is 0.456 e. The molecule has 6 rings (SSSR count). The minimum absolute atomic E-state index is 0.315. The van der Waals surface area contributed by atoms with Gasteiger partial charge in [0.15, 0.2) is 0 Å². The number of hydrogen-bond donors (Lipinski definition) is 0. The van der Waals surface area contributed by atoms with Gasteiger partial charge in [0.1, 0.15) is 11.3 Å². The molecule has 7 heteroatoms. The summed E-state index contributed by atoms with van der Waals surface area (Å²) in [5.74, 6) is -4.77. The van der Waals surface area contributed by atoms with Crippen molar-refractivity contribution in [2.45, 2.75) is 11.8 Å². The van der Waals surface area contributed by atoms with Crippen molar-refractivity contribution in [1.29, 1.82) is 0 Å². The van der Waals surface area contributed by atoms with Crippen LogP contribution < -0.4 is 14.8 Å². The van der Waals surface area contributed by atoms with Crippen LogP contribution in [0.2, 0.25) is 0 Å². The number of alkyl halides is 4. The van der Waals surface area contributed by atoms with Crippen molar-refractivity contribution in [3.8, 4) is 22.5 Å². The van der Waals surface area contributed by atoms with E-state index in [0.717, 1.165) is 22.1 Å². The highest BCUT2D eigenvalue weighted by Gasteiger charge is 2.50. The van der Waals surface area contributed by atoms with E-state index in [1.54, 1.807) is 21.6 Å². The van der Waals surface area contributed by atoms with Crippen molar-refractivity contribution in [3.63, 3.8) is 0 Å². The van der Waals surface area contributed by atoms with Crippen LogP contribution in [0.1, 0.15) is 0 Å². The summed E-state index contributed by atoms with van der Waals surface area (Å²) in [5, 5.41) is 1.53. The molecule has 4 aliphatic rings. The molecule has 2 saturated heterocycles. The number of nitrogens with zero attached hydrogens (tertiary/aromatic N) is 2. The second-order valence-corrected chi connectivity index (χ2v) is 8.63. The molecule has 0 saturated carbocycles. The van der Waals surface area contributed by atoms with E-state index in [1.807, 2.05) is 54.6 Å². The SMILES string of the molecule is FC1(F)CN(c2ccc3c(-c4ccccc4)c4ccc(=[N+]5CC(F)(F)C5)cc-4oc3c2)C1. The molecule has 3 aliphatic heterocycles. The van der Waals surface area contributed by atoms with Crippen LogP contribution in [0.15, 0.2) is 71.1 Å². The molecule has 0 unspecified atom stereocenters. The van der Waals surface area contributed by atoms with Gasteiger partial charge < -0.3 is 9.32 Å². The van der Waals surface area contributed by atoms with Gasteiger partial charge in [0.05, 0.1) is 19.2 Å². The zero-order chi connectivity index (χ0) is 22.1. The molecule has 32 heavy (non-hydrogen) atoms. The van der Waals surface area contributed by atoms with Crippen LogP contribution >= 0.6 is 0 Å². The Morgan fingerprint density at radius 2 is 1.56 bits per heavy atom. The zero-order valence-corrected chi connectivity index (χ0v) is 17.0. The van der Waals surface area contributed by atoms with Gasteiger partial charge in [-0.1, -0.05) is 30.3 Å². The predicted molar refractivity (Wildman–Crippen MR) is 115 cm³/mol. The molecular formula is C25H19F4N2O+. The highest BCUT2D eigenvalue weighted by atomic mass is 19.3. The Hall–Kier alpha value is -3.35. The molecule has 0 amide bonds. The molecule has 0 atom stereocenters. The fourth-order valence-electron chi connectivity index (χ4n) is 4.57. The lowest BCUT2D eigenvalue weighted by Gasteiger charge is -2.40. The van der Waals surface area contributed by atoms with Crippen LogP contribution in [0.5, 0.6) is 0 Å². The van der Waals surface area contributed by atoms with Gasteiger partial charge in [0.25, 0.3) is 5.92 Å². The third kappa shape index (κ3) is 3.15. The number of benzene rings is 3. The predicted octanol–water partition coefficient (Wildman–Crippen LogP) is 5.08. The Morgan fingerprint density at radius 1 is 0.812 bits per heavy atom. The Bertz CT molecular complexity index is 1380. The number of rotatable bonds is 2. The van der Waals surface area contributed by atoms with Crippen molar-refractivity contribution in [2.24, 2.45) is 0 Å². The second kappa shape index (κ2) is 6.58. The number of anilines is 1. The van der Waals surface area contributed by atoms with E-state index in [0.29, 0.717) is 22.4 Å². The minimum atomic E-state index is -2.67. The van der Waals surface area contributed by atoms with Crippen LogP contribution in [-0.2, 0) is 0 Å². The maximum atomic E-state index is 13.4. The van der Waals surface area contributed by atoms with Gasteiger partial charge in [-0.2, -0.15) is 8.78 Å². The molecule has 2 fully saturated rings. The maximum Gasteiger partial charge on any atom is 0.361 e. The standard InChI is InChI=1S/C25H19F4N2O/c26-24(27)12-30(13-24)17-6-8-19-21(10-17)32-22-11-18(31-14-25(28,29)15-31)7-9-20(22)23(19)16-4-2-1-3-5-16/h1-11H,12-15H2/q+1. The summed E-state index contributed by atoms with van der Waals surface area (Å²) in [5.41, 5.74) is 4.05. The van der Waals surface area contributed by atoms with E-state index in [2.05, 4.69) is 0 Å². The summed E-state index contributed by atoms with van der Waals surface area (Å²) >= 11 is 0. The Labute approximate surface area is 181 Å². The first kappa shape index (κ1) is 19.3. The Morgan fingerprint density at radius 3 is 2.25 bits per heavy atom. The van der Waals surface area contributed by atoms with Gasteiger partial charge in [0, 0.05) is 34.3 Å². The fourth-order valence-corrected chi connectivity index (χ4v) is 4.57. The summed E-state index contributed by atoms with van der Waals surface area (Å²) in [7, 11) is 0. The number of fused-ring (bicyclic) bond motifs is 2. The first-order chi connectivity index (χ1) is 15.3. The van der Waals surface area contributed by atoms with Crippen LogP contribution in [0, 0.1) is 0 Å². The van der Waals surface area contributed by atoms with E-state index < -0.39 is 11.8 Å². The van der Waals surface area contributed by atoms with Crippen LogP contribution in [0.25, 0.3) is 33.4 Å². The number of hydrogen-bond acceptors (Lipinski definition) is 2. The van der Waals surface area contributed by atoms with Crippen LogP contribution in [-0.4, -0.2) is 38.0 Å². The van der Waals surface area contributed by atoms with E-state index >= 15 is 0 Å². The molecule has 0 N–H and O–H groups in total. The molecule has 0 bridgehead atoms. The molecule has 0 aromatic heterocycles. The fraction of sp³-hybridized carbons (Fsp3) is 0.240.